The second-order valence-electron chi connectivity index (χ2n) is 4.64. The molecule has 6 heteroatoms. The van der Waals surface area contributed by atoms with Crippen molar-refractivity contribution in [3.05, 3.63) is 28.4 Å². The van der Waals surface area contributed by atoms with Gasteiger partial charge in [-0.25, -0.2) is 4.99 Å². The minimum atomic E-state index is -0.178. The van der Waals surface area contributed by atoms with Crippen LogP contribution in [0, 0.1) is 5.13 Å². The summed E-state index contributed by atoms with van der Waals surface area (Å²) in [5, 5.41) is 5.00. The Bertz CT molecular complexity index is 517. The van der Waals surface area contributed by atoms with E-state index in [4.69, 9.17) is 0 Å². The van der Waals surface area contributed by atoms with Gasteiger partial charge in [-0.1, -0.05) is 6.08 Å². The average Bonchev–Trinajstić information content (AvgIpc) is 2.80. The Balaban J connectivity index is 1.96. The Morgan fingerprint density at radius 2 is 2.21 bits per heavy atom. The maximum absolute atomic E-state index is 13.7. The van der Waals surface area contributed by atoms with Crippen LogP contribution >= 0.6 is 11.3 Å². The first-order valence-corrected chi connectivity index (χ1v) is 7.37. The molecule has 1 N–H and O–H groups in total. The van der Waals surface area contributed by atoms with Crippen LogP contribution in [0.4, 0.5) is 10.1 Å². The second-order valence-corrected chi connectivity index (χ2v) is 5.47. The number of nitrogens with one attached hydrogen (secondary N) is 1. The maximum Gasteiger partial charge on any atom is 0.206 e. The molecule has 102 valence electrons. The van der Waals surface area contributed by atoms with Crippen molar-refractivity contribution in [2.75, 3.05) is 26.2 Å². The number of aliphatic imine (C=N–C) groups is 1. The van der Waals surface area contributed by atoms with E-state index < -0.39 is 0 Å². The molecule has 0 aromatic carbocycles. The molecule has 0 bridgehead atoms. The standard InChI is InChI=1S/C13H17FN4S/c1-2-5-18-8-10-9-19-12(14)11(10)16-13(18)17-6-3-15-4-7-17/h2,5,9,15H,3-4,6-8H2,1H3/b5-2+. The molecule has 19 heavy (non-hydrogen) atoms. The SMILES string of the molecule is C/C=C/N1Cc2csc(F)c2N=C1N1CCNCC1. The van der Waals surface area contributed by atoms with Crippen molar-refractivity contribution >= 4 is 23.0 Å². The average molecular weight is 280 g/mol. The fraction of sp³-hybridized carbons (Fsp3) is 0.462. The van der Waals surface area contributed by atoms with Crippen molar-refractivity contribution in [3.63, 3.8) is 0 Å². The smallest absolute Gasteiger partial charge is 0.206 e. The largest absolute Gasteiger partial charge is 0.340 e. The number of halogens is 1. The molecule has 0 atom stereocenters. The summed E-state index contributed by atoms with van der Waals surface area (Å²) in [6.45, 7) is 6.40. The normalized spacial score (nSPS) is 19.8. The van der Waals surface area contributed by atoms with E-state index in [2.05, 4.69) is 20.1 Å². The fourth-order valence-electron chi connectivity index (χ4n) is 2.42. The lowest BCUT2D eigenvalue weighted by Gasteiger charge is -2.37. The molecule has 0 amide bonds. The van der Waals surface area contributed by atoms with Crippen LogP contribution in [-0.4, -0.2) is 41.9 Å². The van der Waals surface area contributed by atoms with E-state index in [1.807, 2.05) is 24.6 Å². The summed E-state index contributed by atoms with van der Waals surface area (Å²) < 4.78 is 13.7. The van der Waals surface area contributed by atoms with Crippen LogP contribution < -0.4 is 5.32 Å². The predicted octanol–water partition coefficient (Wildman–Crippen LogP) is 2.13. The molecular formula is C13H17FN4S. The number of piperazine rings is 1. The fourth-order valence-corrected chi connectivity index (χ4v) is 3.14. The van der Waals surface area contributed by atoms with Gasteiger partial charge in [-0.3, -0.25) is 0 Å². The third-order valence-corrected chi connectivity index (χ3v) is 4.14. The number of fused-ring (bicyclic) bond motifs is 1. The number of thiophene rings is 1. The zero-order valence-electron chi connectivity index (χ0n) is 10.9. The zero-order valence-corrected chi connectivity index (χ0v) is 11.7. The number of hydrogen-bond acceptors (Lipinski definition) is 5. The molecule has 1 fully saturated rings. The Morgan fingerprint density at radius 3 is 2.95 bits per heavy atom. The van der Waals surface area contributed by atoms with Crippen LogP contribution in [-0.2, 0) is 6.54 Å². The summed E-state index contributed by atoms with van der Waals surface area (Å²) in [5.41, 5.74) is 1.50. The lowest BCUT2D eigenvalue weighted by Crippen LogP contribution is -2.51. The minimum absolute atomic E-state index is 0.178. The van der Waals surface area contributed by atoms with Gasteiger partial charge in [0.05, 0.1) is 6.54 Å². The van der Waals surface area contributed by atoms with E-state index in [-0.39, 0.29) is 5.13 Å². The summed E-state index contributed by atoms with van der Waals surface area (Å²) in [5.74, 6) is 0.865. The number of nitrogens with zero attached hydrogens (tertiary/aromatic N) is 3. The van der Waals surface area contributed by atoms with E-state index in [1.165, 1.54) is 0 Å². The first-order valence-electron chi connectivity index (χ1n) is 6.49. The van der Waals surface area contributed by atoms with Crippen LogP contribution in [0.3, 0.4) is 0 Å². The van der Waals surface area contributed by atoms with Gasteiger partial charge in [0.15, 0.2) is 0 Å². The highest BCUT2D eigenvalue weighted by Crippen LogP contribution is 2.34. The van der Waals surface area contributed by atoms with Gasteiger partial charge in [0.2, 0.25) is 11.1 Å². The van der Waals surface area contributed by atoms with E-state index >= 15 is 0 Å². The van der Waals surface area contributed by atoms with E-state index in [9.17, 15) is 4.39 Å². The van der Waals surface area contributed by atoms with Gasteiger partial charge in [-0.05, 0) is 6.92 Å². The highest BCUT2D eigenvalue weighted by molar-refractivity contribution is 7.08. The predicted molar refractivity (Wildman–Crippen MR) is 76.2 cm³/mol. The highest BCUT2D eigenvalue weighted by atomic mass is 32.1. The van der Waals surface area contributed by atoms with Crippen molar-refractivity contribution in [3.8, 4) is 0 Å². The van der Waals surface area contributed by atoms with Crippen LogP contribution in [0.25, 0.3) is 0 Å². The van der Waals surface area contributed by atoms with Crippen molar-refractivity contribution < 1.29 is 4.39 Å². The number of hydrogen-bond donors (Lipinski definition) is 1. The van der Waals surface area contributed by atoms with Gasteiger partial charge in [0, 0.05) is 43.3 Å². The minimum Gasteiger partial charge on any atom is -0.340 e. The molecular weight excluding hydrogens is 263 g/mol. The molecule has 0 saturated carbocycles. The number of rotatable bonds is 1. The van der Waals surface area contributed by atoms with Crippen LogP contribution in [0.15, 0.2) is 22.6 Å². The molecule has 0 aliphatic carbocycles. The summed E-state index contributed by atoms with van der Waals surface area (Å²) in [7, 11) is 0. The molecule has 1 saturated heterocycles. The summed E-state index contributed by atoms with van der Waals surface area (Å²) in [6, 6.07) is 0. The molecule has 0 radical (unpaired) electrons. The molecule has 3 rings (SSSR count). The topological polar surface area (TPSA) is 30.9 Å². The van der Waals surface area contributed by atoms with Crippen molar-refractivity contribution in [1.29, 1.82) is 0 Å². The van der Waals surface area contributed by atoms with Crippen LogP contribution in [0.5, 0.6) is 0 Å². The Morgan fingerprint density at radius 1 is 1.42 bits per heavy atom. The summed E-state index contributed by atoms with van der Waals surface area (Å²) in [6.07, 6.45) is 4.00. The van der Waals surface area contributed by atoms with Gasteiger partial charge in [-0.2, -0.15) is 4.39 Å². The van der Waals surface area contributed by atoms with Gasteiger partial charge in [-0.15, -0.1) is 11.3 Å². The molecule has 0 spiro atoms. The summed E-state index contributed by atoms with van der Waals surface area (Å²) in [4.78, 5) is 8.87. The molecule has 3 heterocycles. The van der Waals surface area contributed by atoms with Crippen LogP contribution in [0.2, 0.25) is 0 Å². The first-order chi connectivity index (χ1) is 9.29. The maximum atomic E-state index is 13.7. The lowest BCUT2D eigenvalue weighted by molar-refractivity contribution is 0.313. The van der Waals surface area contributed by atoms with Crippen molar-refractivity contribution in [2.45, 2.75) is 13.5 Å². The summed E-state index contributed by atoms with van der Waals surface area (Å²) >= 11 is 1.13. The van der Waals surface area contributed by atoms with E-state index in [0.29, 0.717) is 12.2 Å². The molecule has 2 aliphatic heterocycles. The van der Waals surface area contributed by atoms with Crippen molar-refractivity contribution in [2.24, 2.45) is 4.99 Å². The third-order valence-electron chi connectivity index (χ3n) is 3.33. The second kappa shape index (κ2) is 5.30. The molecule has 4 nitrogen and oxygen atoms in total. The molecule has 0 unspecified atom stereocenters. The first kappa shape index (κ1) is 12.6. The van der Waals surface area contributed by atoms with E-state index in [0.717, 1.165) is 49.0 Å². The Kier molecular flexibility index (Phi) is 3.52. The van der Waals surface area contributed by atoms with Crippen molar-refractivity contribution in [1.82, 2.24) is 15.1 Å². The zero-order chi connectivity index (χ0) is 13.2. The quantitative estimate of drug-likeness (QED) is 0.855. The van der Waals surface area contributed by atoms with Gasteiger partial charge >= 0.3 is 0 Å². The number of guanidine groups is 1. The molecule has 2 aliphatic rings. The van der Waals surface area contributed by atoms with Gasteiger partial charge in [0.25, 0.3) is 0 Å². The van der Waals surface area contributed by atoms with E-state index in [1.54, 1.807) is 0 Å². The number of allylic oxidation sites excluding steroid dienone is 1. The van der Waals surface area contributed by atoms with Gasteiger partial charge < -0.3 is 15.1 Å². The van der Waals surface area contributed by atoms with Gasteiger partial charge in [0.1, 0.15) is 5.69 Å². The Labute approximate surface area is 116 Å². The molecule has 1 aromatic heterocycles. The lowest BCUT2D eigenvalue weighted by atomic mass is 10.2. The Hall–Kier alpha value is -1.40. The third kappa shape index (κ3) is 2.37. The molecule has 1 aromatic rings. The highest BCUT2D eigenvalue weighted by Gasteiger charge is 2.26. The van der Waals surface area contributed by atoms with Crippen LogP contribution in [0.1, 0.15) is 12.5 Å². The monoisotopic (exact) mass is 280 g/mol.